The van der Waals surface area contributed by atoms with Crippen LogP contribution in [0, 0.1) is 0 Å². The lowest BCUT2D eigenvalue weighted by molar-refractivity contribution is -0.705. The van der Waals surface area contributed by atoms with E-state index in [0.29, 0.717) is 12.0 Å². The van der Waals surface area contributed by atoms with Crippen molar-refractivity contribution < 1.29 is 4.57 Å². The highest BCUT2D eigenvalue weighted by Gasteiger charge is 2.28. The van der Waals surface area contributed by atoms with Crippen molar-refractivity contribution >= 4 is 0 Å². The van der Waals surface area contributed by atoms with E-state index in [1.165, 1.54) is 72.5 Å². The number of rotatable bonds is 4. The molecule has 0 fully saturated rings. The molecule has 0 saturated heterocycles. The van der Waals surface area contributed by atoms with Gasteiger partial charge in [-0.15, -0.1) is 0 Å². The maximum Gasteiger partial charge on any atom is 0.213 e. The van der Waals surface area contributed by atoms with E-state index in [4.69, 9.17) is 0 Å². The molecule has 0 N–H and O–H groups in total. The minimum absolute atomic E-state index is 0.356. The van der Waals surface area contributed by atoms with Gasteiger partial charge in [0, 0.05) is 17.2 Å². The topological polar surface area (TPSA) is 3.88 Å². The van der Waals surface area contributed by atoms with E-state index in [-0.39, 0.29) is 0 Å². The van der Waals surface area contributed by atoms with Crippen LogP contribution in [0.3, 0.4) is 0 Å². The lowest BCUT2D eigenvalue weighted by Crippen LogP contribution is -2.38. The quantitative estimate of drug-likeness (QED) is 0.216. The third-order valence-corrected chi connectivity index (χ3v) is 8.55. The third kappa shape index (κ3) is 3.56. The summed E-state index contributed by atoms with van der Waals surface area (Å²) < 4.78 is 2.48. The standard InChI is InChI=1S/C37H34N/c1-23(2)37-34(17-16-33-31-12-8-6-10-27(31)21-35(33)37)36-18-14-28(22-38(36)24(3)4)25-13-15-32-29(19-25)20-26-9-5-7-11-30(26)32/h5-19,22-24H,20-21H2,1-4H3/q+1. The maximum absolute atomic E-state index is 2.48. The number of pyridine rings is 1. The Labute approximate surface area is 226 Å². The van der Waals surface area contributed by atoms with Crippen molar-refractivity contribution in [2.75, 3.05) is 0 Å². The van der Waals surface area contributed by atoms with Gasteiger partial charge < -0.3 is 0 Å². The first kappa shape index (κ1) is 23.2. The molecule has 38 heavy (non-hydrogen) atoms. The zero-order valence-corrected chi connectivity index (χ0v) is 22.8. The highest BCUT2D eigenvalue weighted by molar-refractivity contribution is 5.83. The first-order valence-electron chi connectivity index (χ1n) is 14.0. The summed E-state index contributed by atoms with van der Waals surface area (Å²) in [6.07, 6.45) is 4.43. The first-order valence-corrected chi connectivity index (χ1v) is 14.0. The van der Waals surface area contributed by atoms with Gasteiger partial charge in [0.05, 0.1) is 0 Å². The molecule has 1 nitrogen and oxygen atoms in total. The molecule has 0 aliphatic heterocycles. The molecule has 0 amide bonds. The van der Waals surface area contributed by atoms with Crippen LogP contribution in [0.25, 0.3) is 44.6 Å². The summed E-state index contributed by atoms with van der Waals surface area (Å²) >= 11 is 0. The van der Waals surface area contributed by atoms with E-state index < -0.39 is 0 Å². The molecule has 0 bridgehead atoms. The van der Waals surface area contributed by atoms with E-state index in [1.807, 2.05) is 0 Å². The molecule has 0 radical (unpaired) electrons. The molecular formula is C37H34N+. The van der Waals surface area contributed by atoms with Crippen molar-refractivity contribution in [1.82, 2.24) is 0 Å². The summed E-state index contributed by atoms with van der Waals surface area (Å²) in [6, 6.07) is 34.5. The zero-order valence-electron chi connectivity index (χ0n) is 22.8. The molecule has 1 heteroatoms. The van der Waals surface area contributed by atoms with Gasteiger partial charge in [-0.25, -0.2) is 0 Å². The van der Waals surface area contributed by atoms with Crippen molar-refractivity contribution in [2.24, 2.45) is 0 Å². The molecule has 2 aliphatic rings. The van der Waals surface area contributed by atoms with Gasteiger partial charge in [0.15, 0.2) is 12.2 Å². The van der Waals surface area contributed by atoms with Crippen LogP contribution in [-0.4, -0.2) is 0 Å². The molecule has 186 valence electrons. The molecule has 7 rings (SSSR count). The van der Waals surface area contributed by atoms with Gasteiger partial charge in [-0.1, -0.05) is 80.6 Å². The predicted molar refractivity (Wildman–Crippen MR) is 158 cm³/mol. The largest absolute Gasteiger partial charge is 0.213 e. The Morgan fingerprint density at radius 3 is 1.89 bits per heavy atom. The van der Waals surface area contributed by atoms with Gasteiger partial charge >= 0.3 is 0 Å². The van der Waals surface area contributed by atoms with Crippen LogP contribution in [-0.2, 0) is 12.8 Å². The second-order valence-electron chi connectivity index (χ2n) is 11.6. The summed E-state index contributed by atoms with van der Waals surface area (Å²) in [4.78, 5) is 0. The second-order valence-corrected chi connectivity index (χ2v) is 11.6. The molecule has 1 aromatic heterocycles. The highest BCUT2D eigenvalue weighted by atomic mass is 15.0. The molecule has 0 spiro atoms. The van der Waals surface area contributed by atoms with Gasteiger partial charge in [-0.2, -0.15) is 4.57 Å². The summed E-state index contributed by atoms with van der Waals surface area (Å²) in [5, 5.41) is 0. The molecule has 2 aliphatic carbocycles. The monoisotopic (exact) mass is 492 g/mol. The van der Waals surface area contributed by atoms with Crippen molar-refractivity contribution in [3.05, 3.63) is 125 Å². The summed E-state index contributed by atoms with van der Waals surface area (Å²) in [6.45, 7) is 9.28. The van der Waals surface area contributed by atoms with Gasteiger partial charge in [0.25, 0.3) is 0 Å². The molecule has 0 saturated carbocycles. The number of benzene rings is 4. The van der Waals surface area contributed by atoms with E-state index in [9.17, 15) is 0 Å². The van der Waals surface area contributed by atoms with Gasteiger partial charge in [-0.05, 0) is 106 Å². The van der Waals surface area contributed by atoms with Crippen LogP contribution in [0.15, 0.2) is 97.2 Å². The molecule has 1 heterocycles. The fourth-order valence-electron chi connectivity index (χ4n) is 6.79. The Morgan fingerprint density at radius 2 is 1.16 bits per heavy atom. The fourth-order valence-corrected chi connectivity index (χ4v) is 6.79. The van der Waals surface area contributed by atoms with Crippen LogP contribution in [0.5, 0.6) is 0 Å². The van der Waals surface area contributed by atoms with Crippen molar-refractivity contribution in [1.29, 1.82) is 0 Å². The van der Waals surface area contributed by atoms with Crippen molar-refractivity contribution in [2.45, 2.75) is 52.5 Å². The number of nitrogens with zero attached hydrogens (tertiary/aromatic N) is 1. The Kier molecular flexibility index (Phi) is 5.37. The molecule has 0 unspecified atom stereocenters. The van der Waals surface area contributed by atoms with E-state index in [2.05, 4.69) is 129 Å². The summed E-state index contributed by atoms with van der Waals surface area (Å²) in [7, 11) is 0. The third-order valence-electron chi connectivity index (χ3n) is 8.55. The van der Waals surface area contributed by atoms with E-state index >= 15 is 0 Å². The average molecular weight is 493 g/mol. The van der Waals surface area contributed by atoms with Crippen LogP contribution >= 0.6 is 0 Å². The van der Waals surface area contributed by atoms with Gasteiger partial charge in [-0.3, -0.25) is 0 Å². The van der Waals surface area contributed by atoms with E-state index in [0.717, 1.165) is 12.8 Å². The van der Waals surface area contributed by atoms with Crippen LogP contribution in [0.4, 0.5) is 0 Å². The number of hydrogen-bond acceptors (Lipinski definition) is 0. The van der Waals surface area contributed by atoms with Crippen LogP contribution in [0.2, 0.25) is 0 Å². The molecular weight excluding hydrogens is 458 g/mol. The minimum atomic E-state index is 0.356. The number of aromatic nitrogens is 1. The Hall–Kier alpha value is -3.97. The molecule has 5 aromatic rings. The normalized spacial score (nSPS) is 13.0. The fraction of sp³-hybridized carbons (Fsp3) is 0.216. The molecule has 4 aromatic carbocycles. The Morgan fingerprint density at radius 1 is 0.553 bits per heavy atom. The van der Waals surface area contributed by atoms with E-state index in [1.54, 1.807) is 0 Å². The smallest absolute Gasteiger partial charge is 0.196 e. The SMILES string of the molecule is CC(C)c1c(-c2ccc(-c3ccc4c(c3)Cc3ccccc3-4)c[n+]2C(C)C)ccc2c1Cc1ccccc1-2. The highest BCUT2D eigenvalue weighted by Crippen LogP contribution is 2.44. The minimum Gasteiger partial charge on any atom is -0.196 e. The summed E-state index contributed by atoms with van der Waals surface area (Å²) in [5.41, 5.74) is 18.2. The van der Waals surface area contributed by atoms with Crippen molar-refractivity contribution in [3.63, 3.8) is 0 Å². The second kappa shape index (κ2) is 8.81. The molecule has 0 atom stereocenters. The first-order chi connectivity index (χ1) is 18.5. The van der Waals surface area contributed by atoms with Crippen molar-refractivity contribution in [3.8, 4) is 44.6 Å². The zero-order chi connectivity index (χ0) is 26.0. The van der Waals surface area contributed by atoms with Gasteiger partial charge in [0.1, 0.15) is 0 Å². The Balaban J connectivity index is 1.33. The number of fused-ring (bicyclic) bond motifs is 6. The van der Waals surface area contributed by atoms with Crippen LogP contribution in [0.1, 0.15) is 67.5 Å². The average Bonchev–Trinajstić information content (AvgIpc) is 3.49. The summed E-state index contributed by atoms with van der Waals surface area (Å²) in [5.74, 6) is 0.452. The predicted octanol–water partition coefficient (Wildman–Crippen LogP) is 9.15. The van der Waals surface area contributed by atoms with Crippen LogP contribution < -0.4 is 4.57 Å². The number of hydrogen-bond donors (Lipinski definition) is 0. The maximum atomic E-state index is 2.48. The lowest BCUT2D eigenvalue weighted by atomic mass is 9.87. The lowest BCUT2D eigenvalue weighted by Gasteiger charge is -2.18. The Bertz CT molecular complexity index is 1720. The van der Waals surface area contributed by atoms with Gasteiger partial charge in [0.2, 0.25) is 5.69 Å².